The highest BCUT2D eigenvalue weighted by atomic mass is 35.5. The second kappa shape index (κ2) is 2.99. The summed E-state index contributed by atoms with van der Waals surface area (Å²) in [7, 11) is 2.04. The Hall–Kier alpha value is -0.530. The molecule has 0 spiro atoms. The van der Waals surface area contributed by atoms with Gasteiger partial charge >= 0.3 is 0 Å². The maximum absolute atomic E-state index is 6.25. The van der Waals surface area contributed by atoms with Crippen LogP contribution in [-0.2, 0) is 5.41 Å². The Balaban J connectivity index is 1.81. The van der Waals surface area contributed by atoms with Crippen LogP contribution in [0.5, 0.6) is 0 Å². The zero-order chi connectivity index (χ0) is 10.5. The van der Waals surface area contributed by atoms with Gasteiger partial charge in [0.05, 0.1) is 0 Å². The van der Waals surface area contributed by atoms with Crippen LogP contribution in [0.15, 0.2) is 24.3 Å². The summed E-state index contributed by atoms with van der Waals surface area (Å²) in [6, 6.07) is 8.33. The number of halogens is 1. The van der Waals surface area contributed by atoms with Crippen LogP contribution in [0.3, 0.4) is 0 Å². The molecule has 4 rings (SSSR count). The Bertz CT molecular complexity index is 380. The minimum absolute atomic E-state index is 0.440. The molecule has 0 unspecified atom stereocenters. The van der Waals surface area contributed by atoms with E-state index >= 15 is 0 Å². The monoisotopic (exact) mass is 221 g/mol. The maximum atomic E-state index is 6.25. The van der Waals surface area contributed by atoms with Gasteiger partial charge in [-0.25, -0.2) is 0 Å². The molecule has 3 fully saturated rings. The quantitative estimate of drug-likeness (QED) is 0.828. The molecule has 3 aliphatic carbocycles. The molecule has 0 heterocycles. The highest BCUT2D eigenvalue weighted by Gasteiger charge is 2.67. The van der Waals surface area contributed by atoms with Gasteiger partial charge in [0.1, 0.15) is 0 Å². The molecule has 0 saturated heterocycles. The van der Waals surface area contributed by atoms with E-state index in [1.54, 1.807) is 0 Å². The Morgan fingerprint density at radius 1 is 1.27 bits per heavy atom. The van der Waals surface area contributed by atoms with Crippen LogP contribution in [-0.4, -0.2) is 13.6 Å². The molecule has 3 aliphatic rings. The average molecular weight is 222 g/mol. The molecule has 0 aromatic heterocycles. The van der Waals surface area contributed by atoms with E-state index < -0.39 is 0 Å². The fourth-order valence-corrected chi connectivity index (χ4v) is 4.07. The van der Waals surface area contributed by atoms with Crippen molar-refractivity contribution in [2.24, 2.45) is 5.41 Å². The van der Waals surface area contributed by atoms with E-state index in [0.29, 0.717) is 10.8 Å². The lowest BCUT2D eigenvalue weighted by molar-refractivity contribution is -0.136. The molecule has 1 N–H and O–H groups in total. The van der Waals surface area contributed by atoms with E-state index in [9.17, 15) is 0 Å². The van der Waals surface area contributed by atoms with Crippen LogP contribution in [0.4, 0.5) is 0 Å². The van der Waals surface area contributed by atoms with E-state index in [2.05, 4.69) is 17.4 Å². The van der Waals surface area contributed by atoms with Crippen molar-refractivity contribution < 1.29 is 0 Å². The number of rotatable bonds is 3. The molecule has 1 nitrogen and oxygen atoms in total. The molecular formula is C13H16ClN. The van der Waals surface area contributed by atoms with Crippen molar-refractivity contribution in [3.63, 3.8) is 0 Å². The fourth-order valence-electron chi connectivity index (χ4n) is 3.74. The van der Waals surface area contributed by atoms with Crippen molar-refractivity contribution in [1.82, 2.24) is 5.32 Å². The standard InChI is InChI=1S/C13H16ClN/c1-15-9-12-6-13(7-12,8-12)10-4-2-3-5-11(10)14/h2-5,15H,6-9H2,1H3. The van der Waals surface area contributed by atoms with Crippen molar-refractivity contribution in [2.75, 3.05) is 13.6 Å². The third-order valence-corrected chi connectivity index (χ3v) is 4.47. The number of nitrogens with one attached hydrogen (secondary N) is 1. The molecule has 0 aliphatic heterocycles. The van der Waals surface area contributed by atoms with Crippen molar-refractivity contribution in [2.45, 2.75) is 24.7 Å². The normalized spacial score (nSPS) is 36.9. The molecule has 3 saturated carbocycles. The van der Waals surface area contributed by atoms with E-state index in [1.165, 1.54) is 31.4 Å². The highest BCUT2D eigenvalue weighted by molar-refractivity contribution is 6.31. The minimum atomic E-state index is 0.440. The summed E-state index contributed by atoms with van der Waals surface area (Å²) in [4.78, 5) is 0. The van der Waals surface area contributed by atoms with Crippen LogP contribution < -0.4 is 5.32 Å². The molecule has 0 radical (unpaired) electrons. The molecular weight excluding hydrogens is 206 g/mol. The van der Waals surface area contributed by atoms with Gasteiger partial charge in [-0.05, 0) is 48.8 Å². The van der Waals surface area contributed by atoms with Gasteiger partial charge in [0.25, 0.3) is 0 Å². The molecule has 0 atom stereocenters. The van der Waals surface area contributed by atoms with Gasteiger partial charge in [0.2, 0.25) is 0 Å². The van der Waals surface area contributed by atoms with E-state index in [1.807, 2.05) is 19.2 Å². The van der Waals surface area contributed by atoms with Crippen molar-refractivity contribution in [3.8, 4) is 0 Å². The largest absolute Gasteiger partial charge is 0.319 e. The van der Waals surface area contributed by atoms with Crippen molar-refractivity contribution >= 4 is 11.6 Å². The van der Waals surface area contributed by atoms with Gasteiger partial charge in [-0.3, -0.25) is 0 Å². The number of benzene rings is 1. The van der Waals surface area contributed by atoms with E-state index in [4.69, 9.17) is 11.6 Å². The first-order valence-electron chi connectivity index (χ1n) is 5.59. The number of hydrogen-bond donors (Lipinski definition) is 1. The molecule has 1 aromatic carbocycles. The Morgan fingerprint density at radius 3 is 2.53 bits per heavy atom. The van der Waals surface area contributed by atoms with Crippen LogP contribution in [0.2, 0.25) is 5.02 Å². The Kier molecular flexibility index (Phi) is 1.93. The first kappa shape index (κ1) is 9.68. The van der Waals surface area contributed by atoms with E-state index in [0.717, 1.165) is 5.02 Å². The average Bonchev–Trinajstić information content (AvgIpc) is 2.11. The molecule has 2 bridgehead atoms. The summed E-state index contributed by atoms with van der Waals surface area (Å²) in [5.74, 6) is 0. The molecule has 0 amide bonds. The lowest BCUT2D eigenvalue weighted by Gasteiger charge is -2.71. The third-order valence-electron chi connectivity index (χ3n) is 4.14. The first-order valence-corrected chi connectivity index (χ1v) is 5.97. The van der Waals surface area contributed by atoms with Crippen LogP contribution >= 0.6 is 11.6 Å². The zero-order valence-corrected chi connectivity index (χ0v) is 9.77. The van der Waals surface area contributed by atoms with Crippen molar-refractivity contribution in [3.05, 3.63) is 34.9 Å². The Labute approximate surface area is 95.8 Å². The Morgan fingerprint density at radius 2 is 1.93 bits per heavy atom. The lowest BCUT2D eigenvalue weighted by Crippen LogP contribution is -2.67. The first-order chi connectivity index (χ1) is 7.20. The van der Waals surface area contributed by atoms with Gasteiger partial charge in [-0.1, -0.05) is 29.8 Å². The molecule has 15 heavy (non-hydrogen) atoms. The third kappa shape index (κ3) is 1.20. The maximum Gasteiger partial charge on any atom is 0.0443 e. The van der Waals surface area contributed by atoms with E-state index in [-0.39, 0.29) is 0 Å². The predicted molar refractivity (Wildman–Crippen MR) is 63.3 cm³/mol. The zero-order valence-electron chi connectivity index (χ0n) is 9.02. The summed E-state index contributed by atoms with van der Waals surface area (Å²) in [5, 5.41) is 4.25. The van der Waals surface area contributed by atoms with Crippen LogP contribution in [0.25, 0.3) is 0 Å². The summed E-state index contributed by atoms with van der Waals surface area (Å²) in [6.07, 6.45) is 3.97. The fraction of sp³-hybridized carbons (Fsp3) is 0.538. The SMILES string of the molecule is CNCC12CC(c3ccccc3Cl)(C1)C2. The topological polar surface area (TPSA) is 12.0 Å². The minimum Gasteiger partial charge on any atom is -0.319 e. The van der Waals surface area contributed by atoms with Gasteiger partial charge in [-0.2, -0.15) is 0 Å². The second-order valence-electron chi connectivity index (χ2n) is 5.32. The molecule has 80 valence electrons. The summed E-state index contributed by atoms with van der Waals surface area (Å²) >= 11 is 6.25. The lowest BCUT2D eigenvalue weighted by atomic mass is 9.33. The van der Waals surface area contributed by atoms with Gasteiger partial charge in [0.15, 0.2) is 0 Å². The van der Waals surface area contributed by atoms with Crippen molar-refractivity contribution in [1.29, 1.82) is 0 Å². The van der Waals surface area contributed by atoms with Crippen LogP contribution in [0, 0.1) is 5.41 Å². The summed E-state index contributed by atoms with van der Waals surface area (Å²) in [6.45, 7) is 1.17. The predicted octanol–water partition coefficient (Wildman–Crippen LogP) is 2.98. The van der Waals surface area contributed by atoms with Gasteiger partial charge in [-0.15, -0.1) is 0 Å². The van der Waals surface area contributed by atoms with Gasteiger partial charge in [0, 0.05) is 11.6 Å². The highest BCUT2D eigenvalue weighted by Crippen LogP contribution is 2.73. The number of hydrogen-bond acceptors (Lipinski definition) is 1. The smallest absolute Gasteiger partial charge is 0.0443 e. The molecule has 1 aromatic rings. The van der Waals surface area contributed by atoms with Crippen LogP contribution in [0.1, 0.15) is 24.8 Å². The van der Waals surface area contributed by atoms with Gasteiger partial charge < -0.3 is 5.32 Å². The molecule has 2 heteroatoms. The second-order valence-corrected chi connectivity index (χ2v) is 5.73. The summed E-state index contributed by atoms with van der Waals surface area (Å²) in [5.41, 5.74) is 2.42. The summed E-state index contributed by atoms with van der Waals surface area (Å²) < 4.78 is 0.